The van der Waals surface area contributed by atoms with E-state index in [0.717, 1.165) is 6.42 Å². The molecule has 0 aliphatic heterocycles. The van der Waals surface area contributed by atoms with Crippen molar-refractivity contribution in [3.63, 3.8) is 0 Å². The first-order valence-electron chi connectivity index (χ1n) is 8.88. The molecule has 2 aliphatic rings. The maximum atomic E-state index is 13.1. The van der Waals surface area contributed by atoms with Gasteiger partial charge in [-0.15, -0.1) is 11.3 Å². The van der Waals surface area contributed by atoms with E-state index in [0.29, 0.717) is 24.1 Å². The van der Waals surface area contributed by atoms with Crippen molar-refractivity contribution in [3.8, 4) is 11.3 Å². The van der Waals surface area contributed by atoms with E-state index >= 15 is 0 Å². The second-order valence-electron chi connectivity index (χ2n) is 8.07. The maximum Gasteiger partial charge on any atom is 0.235 e. The van der Waals surface area contributed by atoms with E-state index in [-0.39, 0.29) is 33.8 Å². The van der Waals surface area contributed by atoms with Crippen LogP contribution in [-0.2, 0) is 14.8 Å². The quantitative estimate of drug-likeness (QED) is 0.809. The van der Waals surface area contributed by atoms with Gasteiger partial charge in [-0.2, -0.15) is 0 Å². The molecule has 0 radical (unpaired) electrons. The van der Waals surface area contributed by atoms with E-state index in [1.165, 1.54) is 23.5 Å². The van der Waals surface area contributed by atoms with Gasteiger partial charge in [0.05, 0.1) is 16.9 Å². The summed E-state index contributed by atoms with van der Waals surface area (Å²) in [6, 6.07) is 5.87. The average molecular weight is 409 g/mol. The van der Waals surface area contributed by atoms with Gasteiger partial charge in [0.15, 0.2) is 5.13 Å². The second kappa shape index (κ2) is 6.10. The predicted octanol–water partition coefficient (Wildman–Crippen LogP) is 4.09. The second-order valence-corrected chi connectivity index (χ2v) is 10.7. The Morgan fingerprint density at radius 3 is 2.59 bits per heavy atom. The van der Waals surface area contributed by atoms with Crippen molar-refractivity contribution in [2.24, 2.45) is 16.7 Å². The molecule has 2 unspecified atom stereocenters. The van der Waals surface area contributed by atoms with Gasteiger partial charge in [0.2, 0.25) is 10.0 Å². The van der Waals surface area contributed by atoms with Gasteiger partial charge < -0.3 is 0 Å². The molecule has 2 aliphatic carbocycles. The average Bonchev–Trinajstić information content (AvgIpc) is 3.17. The van der Waals surface area contributed by atoms with E-state index < -0.39 is 15.4 Å². The molecule has 2 atom stereocenters. The van der Waals surface area contributed by atoms with Crippen LogP contribution in [0.2, 0.25) is 0 Å². The lowest BCUT2D eigenvalue weighted by Crippen LogP contribution is -2.43. The molecule has 27 heavy (non-hydrogen) atoms. The van der Waals surface area contributed by atoms with Gasteiger partial charge in [-0.3, -0.25) is 9.52 Å². The topological polar surface area (TPSA) is 76.1 Å². The number of Topliss-reactive ketones (excluding diaryl/α,β-unsaturated/α-hetero) is 1. The number of hydrogen-bond donors (Lipinski definition) is 1. The molecule has 1 heterocycles. The number of carbonyl (C=O) groups excluding carboxylic acids is 1. The zero-order valence-corrected chi connectivity index (χ0v) is 16.8. The predicted molar refractivity (Wildman–Crippen MR) is 103 cm³/mol. The van der Waals surface area contributed by atoms with Gasteiger partial charge in [0.25, 0.3) is 0 Å². The molecule has 8 heteroatoms. The highest BCUT2D eigenvalue weighted by Gasteiger charge is 2.65. The molecule has 1 N–H and O–H groups in total. The summed E-state index contributed by atoms with van der Waals surface area (Å²) < 4.78 is 41.2. The lowest BCUT2D eigenvalue weighted by molar-refractivity contribution is -0.128. The van der Waals surface area contributed by atoms with Gasteiger partial charge in [0, 0.05) is 17.4 Å². The normalized spacial score (nSPS) is 26.5. The lowest BCUT2D eigenvalue weighted by atomic mass is 9.70. The molecule has 4 rings (SSSR count). The van der Waals surface area contributed by atoms with Crippen molar-refractivity contribution in [3.05, 3.63) is 35.5 Å². The van der Waals surface area contributed by atoms with Gasteiger partial charge in [-0.05, 0) is 48.4 Å². The zero-order valence-electron chi connectivity index (χ0n) is 15.2. The fourth-order valence-electron chi connectivity index (χ4n) is 4.68. The Balaban J connectivity index is 1.54. The van der Waals surface area contributed by atoms with E-state index in [1.807, 2.05) is 13.8 Å². The standard InChI is InChI=1S/C19H21FN2O3S2/c1-18(2)13-7-8-19(18,16(23)9-13)11-27(24,25)22-17-21-15(10-26-17)12-3-5-14(20)6-4-12/h3-6,10,13H,7-9,11H2,1-2H3,(H,21,22). The maximum absolute atomic E-state index is 13.1. The first-order valence-corrected chi connectivity index (χ1v) is 11.4. The lowest BCUT2D eigenvalue weighted by Gasteiger charge is -2.36. The van der Waals surface area contributed by atoms with Crippen molar-refractivity contribution in [1.82, 2.24) is 4.98 Å². The van der Waals surface area contributed by atoms with E-state index in [4.69, 9.17) is 0 Å². The number of hydrogen-bond acceptors (Lipinski definition) is 5. The third-order valence-electron chi connectivity index (χ3n) is 6.46. The largest absolute Gasteiger partial charge is 0.299 e. The van der Waals surface area contributed by atoms with Crippen LogP contribution in [0.15, 0.2) is 29.6 Å². The molecule has 144 valence electrons. The highest BCUT2D eigenvalue weighted by atomic mass is 32.2. The summed E-state index contributed by atoms with van der Waals surface area (Å²) in [5.74, 6) is -0.202. The van der Waals surface area contributed by atoms with Crippen LogP contribution in [0.3, 0.4) is 0 Å². The number of thiazole rings is 1. The molecule has 2 fully saturated rings. The molecule has 2 bridgehead atoms. The molecule has 1 aromatic heterocycles. The van der Waals surface area contributed by atoms with Crippen molar-refractivity contribution >= 4 is 32.3 Å². The number of aromatic nitrogens is 1. The summed E-state index contributed by atoms with van der Waals surface area (Å²) >= 11 is 1.17. The van der Waals surface area contributed by atoms with Gasteiger partial charge in [-0.1, -0.05) is 13.8 Å². The molecule has 1 aromatic carbocycles. The van der Waals surface area contributed by atoms with E-state index in [1.54, 1.807) is 17.5 Å². The van der Waals surface area contributed by atoms with Gasteiger partial charge in [-0.25, -0.2) is 17.8 Å². The number of nitrogens with zero attached hydrogens (tertiary/aromatic N) is 1. The molecule has 0 amide bonds. The Morgan fingerprint density at radius 2 is 2.00 bits per heavy atom. The molecule has 0 saturated heterocycles. The smallest absolute Gasteiger partial charge is 0.235 e. The monoisotopic (exact) mass is 408 g/mol. The molecule has 2 aromatic rings. The summed E-state index contributed by atoms with van der Waals surface area (Å²) in [6.07, 6.45) is 2.01. The zero-order chi connectivity index (χ0) is 19.4. The Labute approximate surface area is 162 Å². The highest BCUT2D eigenvalue weighted by Crippen LogP contribution is 2.64. The van der Waals surface area contributed by atoms with Crippen LogP contribution in [0.4, 0.5) is 9.52 Å². The summed E-state index contributed by atoms with van der Waals surface area (Å²) in [6.45, 7) is 4.03. The van der Waals surface area contributed by atoms with Gasteiger partial charge in [0.1, 0.15) is 11.6 Å². The molecule has 2 saturated carbocycles. The van der Waals surface area contributed by atoms with Crippen LogP contribution in [0.1, 0.15) is 33.1 Å². The molecule has 0 spiro atoms. The number of rotatable bonds is 5. The Morgan fingerprint density at radius 1 is 1.30 bits per heavy atom. The van der Waals surface area contributed by atoms with E-state index in [9.17, 15) is 17.6 Å². The van der Waals surface area contributed by atoms with Crippen LogP contribution in [-0.4, -0.2) is 24.9 Å². The SMILES string of the molecule is CC1(C)C2CCC1(CS(=O)(=O)Nc1nc(-c3ccc(F)cc3)cs1)C(=O)C2. The summed E-state index contributed by atoms with van der Waals surface area (Å²) in [5, 5.41) is 1.98. The minimum Gasteiger partial charge on any atom is -0.299 e. The van der Waals surface area contributed by atoms with Crippen LogP contribution < -0.4 is 4.72 Å². The van der Waals surface area contributed by atoms with Crippen molar-refractivity contribution in [2.75, 3.05) is 10.5 Å². The van der Waals surface area contributed by atoms with Crippen molar-refractivity contribution in [1.29, 1.82) is 0 Å². The fraction of sp³-hybridized carbons (Fsp3) is 0.474. The number of ketones is 1. The summed E-state index contributed by atoms with van der Waals surface area (Å²) in [4.78, 5) is 16.9. The number of benzene rings is 1. The third-order valence-corrected chi connectivity index (χ3v) is 8.73. The third kappa shape index (κ3) is 2.99. The van der Waals surface area contributed by atoms with Crippen LogP contribution in [0.5, 0.6) is 0 Å². The molecule has 5 nitrogen and oxygen atoms in total. The number of halogens is 1. The van der Waals surface area contributed by atoms with Crippen LogP contribution in [0, 0.1) is 22.6 Å². The first kappa shape index (κ1) is 18.6. The van der Waals surface area contributed by atoms with Crippen molar-refractivity contribution in [2.45, 2.75) is 33.1 Å². The Kier molecular flexibility index (Phi) is 4.19. The number of sulfonamides is 1. The minimum absolute atomic E-state index is 0.0697. The fourth-order valence-corrected chi connectivity index (χ4v) is 7.52. The van der Waals surface area contributed by atoms with Crippen LogP contribution in [0.25, 0.3) is 11.3 Å². The summed E-state index contributed by atoms with van der Waals surface area (Å²) in [7, 11) is -3.72. The highest BCUT2D eigenvalue weighted by molar-refractivity contribution is 7.92. The summed E-state index contributed by atoms with van der Waals surface area (Å²) in [5.41, 5.74) is 0.179. The Hall–Kier alpha value is -1.80. The van der Waals surface area contributed by atoms with Gasteiger partial charge >= 0.3 is 0 Å². The number of nitrogens with one attached hydrogen (secondary N) is 1. The number of fused-ring (bicyclic) bond motifs is 2. The van der Waals surface area contributed by atoms with Crippen molar-refractivity contribution < 1.29 is 17.6 Å². The number of anilines is 1. The van der Waals surface area contributed by atoms with Crippen LogP contribution >= 0.6 is 11.3 Å². The minimum atomic E-state index is -3.72. The molecular formula is C19H21FN2O3S2. The van der Waals surface area contributed by atoms with E-state index in [2.05, 4.69) is 9.71 Å². The molecular weight excluding hydrogens is 387 g/mol. The Bertz CT molecular complexity index is 998. The number of carbonyl (C=O) groups is 1. The first-order chi connectivity index (χ1) is 12.6.